The maximum Gasteiger partial charge on any atom is 0.230 e. The summed E-state index contributed by atoms with van der Waals surface area (Å²) in [7, 11) is 0. The molecule has 1 amide bonds. The third kappa shape index (κ3) is 5.70. The Morgan fingerprint density at radius 3 is 2.73 bits per heavy atom. The van der Waals surface area contributed by atoms with Gasteiger partial charge in [0.2, 0.25) is 11.0 Å². The number of thioether (sulfide) groups is 1. The first kappa shape index (κ1) is 28.1. The van der Waals surface area contributed by atoms with Gasteiger partial charge in [-0.2, -0.15) is 5.26 Å². The van der Waals surface area contributed by atoms with Crippen molar-refractivity contribution < 1.29 is 9.59 Å². The Hall–Kier alpha value is -3.46. The number of Topliss-reactive ketones (excluding diaryl/α,β-unsaturated/α-hetero) is 1. The lowest BCUT2D eigenvalue weighted by atomic mass is 9.69. The van der Waals surface area contributed by atoms with Crippen molar-refractivity contribution in [1.82, 2.24) is 15.5 Å². The second-order valence-electron chi connectivity index (χ2n) is 10.7. The van der Waals surface area contributed by atoms with Crippen molar-refractivity contribution in [3.63, 3.8) is 0 Å². The summed E-state index contributed by atoms with van der Waals surface area (Å²) in [5.74, 6) is -0.0597. The molecular formula is C29H30N6O2S3. The second-order valence-corrected chi connectivity index (χ2v) is 13.8. The molecule has 2 aliphatic rings. The minimum atomic E-state index is -0.485. The van der Waals surface area contributed by atoms with Crippen molar-refractivity contribution in [2.24, 2.45) is 11.1 Å². The molecule has 0 radical (unpaired) electrons. The van der Waals surface area contributed by atoms with E-state index in [-0.39, 0.29) is 28.7 Å². The number of aryl methyl sites for hydroxylation is 1. The zero-order chi connectivity index (χ0) is 28.4. The normalized spacial score (nSPS) is 18.5. The molecule has 0 spiro atoms. The summed E-state index contributed by atoms with van der Waals surface area (Å²) in [6.07, 6.45) is 1.77. The van der Waals surface area contributed by atoms with Gasteiger partial charge in [-0.3, -0.25) is 14.5 Å². The van der Waals surface area contributed by atoms with E-state index in [1.807, 2.05) is 48.7 Å². The summed E-state index contributed by atoms with van der Waals surface area (Å²) in [4.78, 5) is 28.8. The van der Waals surface area contributed by atoms with Gasteiger partial charge in [-0.1, -0.05) is 67.3 Å². The number of thiophene rings is 1. The van der Waals surface area contributed by atoms with Gasteiger partial charge in [0, 0.05) is 29.1 Å². The molecule has 0 bridgehead atoms. The number of rotatable bonds is 8. The van der Waals surface area contributed by atoms with Crippen LogP contribution < -0.4 is 16.0 Å². The molecule has 1 atom stereocenters. The third-order valence-electron chi connectivity index (χ3n) is 7.04. The van der Waals surface area contributed by atoms with Gasteiger partial charge in [0.25, 0.3) is 0 Å². The Morgan fingerprint density at radius 2 is 2.02 bits per heavy atom. The second kappa shape index (κ2) is 11.6. The SMILES string of the molecule is Cc1ccsc1C1C(C#N)=C(N)N(c2nnc(SCC(=O)NCCc3ccccc3)s2)C2=C1C(=O)CC(C)(C)C2. The number of hydrogen-bond acceptors (Lipinski definition) is 10. The highest BCUT2D eigenvalue weighted by molar-refractivity contribution is 8.01. The number of benzene rings is 1. The van der Waals surface area contributed by atoms with Gasteiger partial charge in [0.15, 0.2) is 10.1 Å². The number of ketones is 1. The topological polar surface area (TPSA) is 125 Å². The number of nitriles is 1. The fourth-order valence-corrected chi connectivity index (χ4v) is 7.95. The van der Waals surface area contributed by atoms with E-state index >= 15 is 0 Å². The predicted molar refractivity (Wildman–Crippen MR) is 160 cm³/mol. The summed E-state index contributed by atoms with van der Waals surface area (Å²) in [5.41, 5.74) is 10.4. The largest absolute Gasteiger partial charge is 0.384 e. The number of carbonyl (C=O) groups excluding carboxylic acids is 2. The minimum absolute atomic E-state index is 0.0283. The van der Waals surface area contributed by atoms with Crippen LogP contribution in [0, 0.1) is 23.7 Å². The smallest absolute Gasteiger partial charge is 0.230 e. The highest BCUT2D eigenvalue weighted by Gasteiger charge is 2.46. The molecule has 2 aromatic heterocycles. The molecule has 1 aliphatic heterocycles. The molecule has 11 heteroatoms. The maximum atomic E-state index is 13.6. The van der Waals surface area contributed by atoms with Crippen LogP contribution in [0.4, 0.5) is 5.13 Å². The lowest BCUT2D eigenvalue weighted by molar-refractivity contribution is -0.119. The van der Waals surface area contributed by atoms with Gasteiger partial charge in [-0.25, -0.2) is 0 Å². The van der Waals surface area contributed by atoms with Gasteiger partial charge in [0.05, 0.1) is 23.3 Å². The molecule has 40 heavy (non-hydrogen) atoms. The number of aromatic nitrogens is 2. The number of nitrogens with one attached hydrogen (secondary N) is 1. The Kier molecular flexibility index (Phi) is 8.12. The number of anilines is 1. The number of allylic oxidation sites excluding steroid dienone is 3. The van der Waals surface area contributed by atoms with Crippen LogP contribution in [0.1, 0.15) is 48.6 Å². The summed E-state index contributed by atoms with van der Waals surface area (Å²) in [6.45, 7) is 6.68. The maximum absolute atomic E-state index is 13.6. The summed E-state index contributed by atoms with van der Waals surface area (Å²) >= 11 is 4.14. The van der Waals surface area contributed by atoms with Gasteiger partial charge < -0.3 is 11.1 Å². The van der Waals surface area contributed by atoms with Crippen molar-refractivity contribution in [3.05, 3.63) is 80.4 Å². The molecule has 3 heterocycles. The molecule has 0 saturated heterocycles. The van der Waals surface area contributed by atoms with Crippen LogP contribution in [0.5, 0.6) is 0 Å². The molecule has 3 N–H and O–H groups in total. The lowest BCUT2D eigenvalue weighted by Crippen LogP contribution is -2.42. The van der Waals surface area contributed by atoms with Crippen molar-refractivity contribution in [3.8, 4) is 6.07 Å². The first-order valence-corrected chi connectivity index (χ1v) is 15.6. The van der Waals surface area contributed by atoms with Gasteiger partial charge in [-0.05, 0) is 47.8 Å². The molecule has 1 aliphatic carbocycles. The van der Waals surface area contributed by atoms with E-state index in [1.165, 1.54) is 40.0 Å². The first-order valence-electron chi connectivity index (χ1n) is 13.0. The van der Waals surface area contributed by atoms with E-state index in [2.05, 4.69) is 35.4 Å². The number of amides is 1. The molecule has 206 valence electrons. The minimum Gasteiger partial charge on any atom is -0.384 e. The summed E-state index contributed by atoms with van der Waals surface area (Å²) in [6, 6.07) is 14.3. The van der Waals surface area contributed by atoms with Gasteiger partial charge in [0.1, 0.15) is 5.82 Å². The molecular weight excluding hydrogens is 561 g/mol. The monoisotopic (exact) mass is 590 g/mol. The van der Waals surface area contributed by atoms with E-state index in [9.17, 15) is 14.9 Å². The molecule has 0 fully saturated rings. The van der Waals surface area contributed by atoms with Crippen LogP contribution in [-0.4, -0.2) is 34.2 Å². The number of nitrogens with zero attached hydrogens (tertiary/aromatic N) is 4. The summed E-state index contributed by atoms with van der Waals surface area (Å²) in [5, 5.41) is 24.3. The molecule has 1 aromatic carbocycles. The zero-order valence-corrected chi connectivity index (χ0v) is 25.0. The summed E-state index contributed by atoms with van der Waals surface area (Å²) < 4.78 is 0.610. The van der Waals surface area contributed by atoms with Crippen LogP contribution in [0.2, 0.25) is 0 Å². The Labute approximate surface area is 246 Å². The first-order chi connectivity index (χ1) is 19.2. The van der Waals surface area contributed by atoms with Crippen LogP contribution in [0.25, 0.3) is 0 Å². The van der Waals surface area contributed by atoms with Gasteiger partial charge in [-0.15, -0.1) is 21.5 Å². The Balaban J connectivity index is 1.38. The van der Waals surface area contributed by atoms with E-state index in [0.29, 0.717) is 40.0 Å². The Morgan fingerprint density at radius 1 is 1.25 bits per heavy atom. The third-order valence-corrected chi connectivity index (χ3v) is 10.2. The molecule has 5 rings (SSSR count). The van der Waals surface area contributed by atoms with Crippen LogP contribution >= 0.6 is 34.4 Å². The van der Waals surface area contributed by atoms with Crippen molar-refractivity contribution in [2.75, 3.05) is 17.2 Å². The number of hydrogen-bond donors (Lipinski definition) is 2. The molecule has 0 saturated carbocycles. The van der Waals surface area contributed by atoms with E-state index in [4.69, 9.17) is 5.73 Å². The van der Waals surface area contributed by atoms with Crippen LogP contribution in [0.15, 0.2) is 68.8 Å². The van der Waals surface area contributed by atoms with E-state index in [0.717, 1.165) is 22.6 Å². The zero-order valence-electron chi connectivity index (χ0n) is 22.6. The van der Waals surface area contributed by atoms with Crippen LogP contribution in [0.3, 0.4) is 0 Å². The standard InChI is InChI=1S/C29H30N6O2S3/c1-17-10-12-38-25(17)23-19(15-30)26(31)35(20-13-29(2,3)14-21(36)24(20)23)27-33-34-28(40-27)39-16-22(37)32-11-9-18-7-5-4-6-8-18/h4-8,10,12,23H,9,11,13-14,16,31H2,1-3H3,(H,32,37). The number of nitrogens with two attached hydrogens (primary N) is 1. The highest BCUT2D eigenvalue weighted by Crippen LogP contribution is 2.51. The van der Waals surface area contributed by atoms with Crippen molar-refractivity contribution in [1.29, 1.82) is 5.26 Å². The van der Waals surface area contributed by atoms with E-state index < -0.39 is 5.92 Å². The molecule has 3 aromatic rings. The van der Waals surface area contributed by atoms with Crippen molar-refractivity contribution in [2.45, 2.75) is 50.3 Å². The fraction of sp³-hybridized carbons (Fsp3) is 0.345. The lowest BCUT2D eigenvalue weighted by Gasteiger charge is -2.42. The van der Waals surface area contributed by atoms with Crippen molar-refractivity contribution >= 4 is 51.3 Å². The quantitative estimate of drug-likeness (QED) is 0.339. The highest BCUT2D eigenvalue weighted by atomic mass is 32.2. The van der Waals surface area contributed by atoms with E-state index in [1.54, 1.807) is 4.90 Å². The molecule has 1 unspecified atom stereocenters. The molecule has 8 nitrogen and oxygen atoms in total. The number of carbonyl (C=O) groups is 2. The average molecular weight is 591 g/mol. The fourth-order valence-electron chi connectivity index (χ4n) is 5.19. The predicted octanol–water partition coefficient (Wildman–Crippen LogP) is 5.30. The average Bonchev–Trinajstić information content (AvgIpc) is 3.55. The van der Waals surface area contributed by atoms with Gasteiger partial charge >= 0.3 is 0 Å². The van der Waals surface area contributed by atoms with Crippen LogP contribution in [-0.2, 0) is 16.0 Å². The Bertz CT molecular complexity index is 1550.